The van der Waals surface area contributed by atoms with Crippen LogP contribution < -0.4 is 10.1 Å². The van der Waals surface area contributed by atoms with Crippen molar-refractivity contribution in [3.63, 3.8) is 0 Å². The Morgan fingerprint density at radius 3 is 2.45 bits per heavy atom. The summed E-state index contributed by atoms with van der Waals surface area (Å²) >= 11 is 0. The first-order valence-corrected chi connectivity index (χ1v) is 7.08. The molecule has 0 heterocycles. The van der Waals surface area contributed by atoms with Gasteiger partial charge in [-0.1, -0.05) is 30.3 Å². The van der Waals surface area contributed by atoms with Gasteiger partial charge >= 0.3 is 0 Å². The zero-order valence-corrected chi connectivity index (χ0v) is 12.4. The minimum Gasteiger partial charge on any atom is -0.496 e. The highest BCUT2D eigenvalue weighted by molar-refractivity contribution is 5.91. The average Bonchev–Trinajstić information content (AvgIpc) is 2.44. The first-order chi connectivity index (χ1) is 9.61. The summed E-state index contributed by atoms with van der Waals surface area (Å²) < 4.78 is 5.41. The van der Waals surface area contributed by atoms with Crippen LogP contribution in [-0.4, -0.2) is 24.4 Å². The van der Waals surface area contributed by atoms with Gasteiger partial charge in [-0.25, -0.2) is 0 Å². The fourth-order valence-corrected chi connectivity index (χ4v) is 2.55. The van der Waals surface area contributed by atoms with E-state index >= 15 is 0 Å². The lowest BCUT2D eigenvalue weighted by Crippen LogP contribution is -2.28. The Bertz CT molecular complexity index is 566. The molecule has 2 atom stereocenters. The van der Waals surface area contributed by atoms with Crippen molar-refractivity contribution < 1.29 is 9.84 Å². The van der Waals surface area contributed by atoms with Gasteiger partial charge in [-0.15, -0.1) is 0 Å². The molecule has 2 rings (SSSR count). The quantitative estimate of drug-likeness (QED) is 0.850. The molecule has 0 aliphatic carbocycles. The normalized spacial score (nSPS) is 14.2. The third-order valence-electron chi connectivity index (χ3n) is 3.53. The summed E-state index contributed by atoms with van der Waals surface area (Å²) in [5.74, 6) is 0.904. The van der Waals surface area contributed by atoms with E-state index in [0.29, 0.717) is 0 Å². The second kappa shape index (κ2) is 6.73. The van der Waals surface area contributed by atoms with Crippen LogP contribution in [0.4, 0.5) is 0 Å². The number of rotatable bonds is 6. The molecular formula is C17H23NO2. The summed E-state index contributed by atoms with van der Waals surface area (Å²) in [6.07, 6.45) is 0.485. The topological polar surface area (TPSA) is 41.5 Å². The fourth-order valence-electron chi connectivity index (χ4n) is 2.55. The SMILES string of the molecule is COc1ccc(CNC(C)CC(C)O)c2ccccc12. The van der Waals surface area contributed by atoms with Gasteiger partial charge in [0.1, 0.15) is 5.75 Å². The standard InChI is InChI=1S/C17H23NO2/c1-12(10-13(2)19)18-11-14-8-9-17(20-3)16-7-5-4-6-15(14)16/h4-9,12-13,18-19H,10-11H2,1-3H3. The number of aliphatic hydroxyl groups is 1. The molecule has 0 saturated heterocycles. The van der Waals surface area contributed by atoms with Crippen LogP contribution in [0.25, 0.3) is 10.8 Å². The molecule has 108 valence electrons. The van der Waals surface area contributed by atoms with Crippen molar-refractivity contribution in [1.29, 1.82) is 0 Å². The van der Waals surface area contributed by atoms with Crippen molar-refractivity contribution in [1.82, 2.24) is 5.32 Å². The number of benzene rings is 2. The van der Waals surface area contributed by atoms with Gasteiger partial charge in [0.15, 0.2) is 0 Å². The molecule has 0 aliphatic rings. The number of nitrogens with one attached hydrogen (secondary N) is 1. The molecule has 0 fully saturated rings. The van der Waals surface area contributed by atoms with E-state index in [1.54, 1.807) is 7.11 Å². The zero-order chi connectivity index (χ0) is 14.5. The van der Waals surface area contributed by atoms with Crippen LogP contribution in [0.1, 0.15) is 25.8 Å². The Morgan fingerprint density at radius 2 is 1.80 bits per heavy atom. The highest BCUT2D eigenvalue weighted by Gasteiger charge is 2.08. The lowest BCUT2D eigenvalue weighted by molar-refractivity contribution is 0.170. The van der Waals surface area contributed by atoms with Gasteiger partial charge in [0.25, 0.3) is 0 Å². The van der Waals surface area contributed by atoms with E-state index in [4.69, 9.17) is 4.74 Å². The summed E-state index contributed by atoms with van der Waals surface area (Å²) in [4.78, 5) is 0. The Morgan fingerprint density at radius 1 is 1.10 bits per heavy atom. The van der Waals surface area contributed by atoms with Gasteiger partial charge in [-0.2, -0.15) is 0 Å². The Hall–Kier alpha value is -1.58. The Kier molecular flexibility index (Phi) is 4.99. The van der Waals surface area contributed by atoms with Gasteiger partial charge < -0.3 is 15.2 Å². The molecule has 0 amide bonds. The van der Waals surface area contributed by atoms with Crippen LogP contribution in [0.2, 0.25) is 0 Å². The van der Waals surface area contributed by atoms with E-state index in [2.05, 4.69) is 30.4 Å². The largest absolute Gasteiger partial charge is 0.496 e. The van der Waals surface area contributed by atoms with Crippen LogP contribution >= 0.6 is 0 Å². The summed E-state index contributed by atoms with van der Waals surface area (Å²) in [5.41, 5.74) is 1.25. The number of methoxy groups -OCH3 is 1. The second-order valence-electron chi connectivity index (χ2n) is 5.34. The number of aliphatic hydroxyl groups excluding tert-OH is 1. The molecule has 20 heavy (non-hydrogen) atoms. The molecule has 2 unspecified atom stereocenters. The molecule has 0 bridgehead atoms. The maximum absolute atomic E-state index is 9.40. The monoisotopic (exact) mass is 273 g/mol. The minimum atomic E-state index is -0.273. The lowest BCUT2D eigenvalue weighted by Gasteiger charge is -2.17. The summed E-state index contributed by atoms with van der Waals surface area (Å²) in [6.45, 7) is 4.71. The first-order valence-electron chi connectivity index (χ1n) is 7.08. The van der Waals surface area contributed by atoms with Crippen LogP contribution in [-0.2, 0) is 6.54 Å². The smallest absolute Gasteiger partial charge is 0.126 e. The van der Waals surface area contributed by atoms with Crippen LogP contribution in [0.15, 0.2) is 36.4 Å². The molecule has 0 radical (unpaired) electrons. The Labute approximate surface area is 120 Å². The second-order valence-corrected chi connectivity index (χ2v) is 5.34. The Balaban J connectivity index is 2.19. The maximum Gasteiger partial charge on any atom is 0.126 e. The molecule has 3 heteroatoms. The molecule has 2 N–H and O–H groups in total. The molecule has 0 saturated carbocycles. The number of hydrogen-bond donors (Lipinski definition) is 2. The highest BCUT2D eigenvalue weighted by Crippen LogP contribution is 2.28. The first kappa shape index (κ1) is 14.8. The van der Waals surface area contributed by atoms with E-state index in [1.807, 2.05) is 25.1 Å². The molecular weight excluding hydrogens is 250 g/mol. The van der Waals surface area contributed by atoms with Gasteiger partial charge in [-0.3, -0.25) is 0 Å². The van der Waals surface area contributed by atoms with Gasteiger partial charge in [0.05, 0.1) is 13.2 Å². The van der Waals surface area contributed by atoms with Crippen molar-refractivity contribution in [2.24, 2.45) is 0 Å². The summed E-state index contributed by atoms with van der Waals surface area (Å²) in [5, 5.41) is 15.2. The predicted octanol–water partition coefficient (Wildman–Crippen LogP) is 3.10. The third-order valence-corrected chi connectivity index (χ3v) is 3.53. The summed E-state index contributed by atoms with van der Waals surface area (Å²) in [6, 6.07) is 12.7. The number of ether oxygens (including phenoxy) is 1. The van der Waals surface area contributed by atoms with Gasteiger partial charge in [0, 0.05) is 18.0 Å². The van der Waals surface area contributed by atoms with E-state index in [1.165, 1.54) is 10.9 Å². The molecule has 0 aliphatic heterocycles. The average molecular weight is 273 g/mol. The van der Waals surface area contributed by atoms with Crippen molar-refractivity contribution >= 4 is 10.8 Å². The van der Waals surface area contributed by atoms with E-state index in [9.17, 15) is 5.11 Å². The minimum absolute atomic E-state index is 0.273. The van der Waals surface area contributed by atoms with Crippen molar-refractivity contribution in [2.45, 2.75) is 39.0 Å². The molecule has 0 spiro atoms. The fraction of sp³-hybridized carbons (Fsp3) is 0.412. The maximum atomic E-state index is 9.40. The molecule has 3 nitrogen and oxygen atoms in total. The summed E-state index contributed by atoms with van der Waals surface area (Å²) in [7, 11) is 1.70. The lowest BCUT2D eigenvalue weighted by atomic mass is 10.0. The van der Waals surface area contributed by atoms with Gasteiger partial charge in [0.2, 0.25) is 0 Å². The number of fused-ring (bicyclic) bond motifs is 1. The van der Waals surface area contributed by atoms with E-state index in [0.717, 1.165) is 24.1 Å². The number of hydrogen-bond acceptors (Lipinski definition) is 3. The van der Waals surface area contributed by atoms with E-state index < -0.39 is 0 Å². The predicted molar refractivity (Wildman–Crippen MR) is 83.1 cm³/mol. The van der Waals surface area contributed by atoms with Crippen LogP contribution in [0.5, 0.6) is 5.75 Å². The molecule has 0 aromatic heterocycles. The van der Waals surface area contributed by atoms with Crippen LogP contribution in [0.3, 0.4) is 0 Å². The van der Waals surface area contributed by atoms with Gasteiger partial charge in [-0.05, 0) is 37.3 Å². The van der Waals surface area contributed by atoms with Crippen molar-refractivity contribution in [3.8, 4) is 5.75 Å². The van der Waals surface area contributed by atoms with Crippen LogP contribution in [0, 0.1) is 0 Å². The third kappa shape index (κ3) is 3.50. The van der Waals surface area contributed by atoms with Crippen molar-refractivity contribution in [3.05, 3.63) is 42.0 Å². The highest BCUT2D eigenvalue weighted by atomic mass is 16.5. The molecule has 2 aromatic rings. The zero-order valence-electron chi connectivity index (χ0n) is 12.4. The van der Waals surface area contributed by atoms with E-state index in [-0.39, 0.29) is 12.1 Å². The van der Waals surface area contributed by atoms with Crippen molar-refractivity contribution in [2.75, 3.05) is 7.11 Å². The molecule has 2 aromatic carbocycles.